The summed E-state index contributed by atoms with van der Waals surface area (Å²) in [6.45, 7) is 12.3. The van der Waals surface area contributed by atoms with E-state index < -0.39 is 0 Å². The van der Waals surface area contributed by atoms with E-state index in [2.05, 4.69) is 32.6 Å². The van der Waals surface area contributed by atoms with Crippen LogP contribution < -0.4 is 0 Å². The van der Waals surface area contributed by atoms with E-state index in [-0.39, 0.29) is 5.78 Å². The zero-order chi connectivity index (χ0) is 13.1. The molecule has 1 saturated carbocycles. The number of allylic oxidation sites excluding steroid dienone is 5. The molecule has 0 aromatic heterocycles. The molecule has 0 aliphatic heterocycles. The first kappa shape index (κ1) is 14.0. The molecule has 0 aromatic carbocycles. The van der Waals surface area contributed by atoms with Crippen molar-refractivity contribution in [2.75, 3.05) is 0 Å². The Kier molecular flexibility index (Phi) is 4.50. The molecule has 0 amide bonds. The van der Waals surface area contributed by atoms with Crippen LogP contribution in [0, 0.1) is 11.3 Å². The summed E-state index contributed by atoms with van der Waals surface area (Å²) in [6, 6.07) is 0. The molecule has 17 heavy (non-hydrogen) atoms. The Labute approximate surface area is 105 Å². The van der Waals surface area contributed by atoms with Gasteiger partial charge < -0.3 is 0 Å². The van der Waals surface area contributed by atoms with E-state index in [1.807, 2.05) is 6.92 Å². The van der Waals surface area contributed by atoms with Crippen molar-refractivity contribution in [1.29, 1.82) is 0 Å². The minimum Gasteiger partial charge on any atom is -0.295 e. The normalized spacial score (nSPS) is 25.3. The summed E-state index contributed by atoms with van der Waals surface area (Å²) in [6.07, 6.45) is 9.58. The van der Waals surface area contributed by atoms with Gasteiger partial charge in [0.05, 0.1) is 0 Å². The predicted octanol–water partition coefficient (Wildman–Crippen LogP) is 4.46. The molecular formula is C16H24O. The first-order chi connectivity index (χ1) is 7.83. The molecule has 94 valence electrons. The molecule has 1 aliphatic carbocycles. The van der Waals surface area contributed by atoms with Crippen LogP contribution in [0.4, 0.5) is 0 Å². The lowest BCUT2D eigenvalue weighted by atomic mass is 9.66. The molecule has 1 aliphatic rings. The van der Waals surface area contributed by atoms with Gasteiger partial charge in [0.15, 0.2) is 5.78 Å². The maximum atomic E-state index is 11.0. The maximum absolute atomic E-state index is 11.0. The highest BCUT2D eigenvalue weighted by Gasteiger charge is 2.32. The molecule has 1 rings (SSSR count). The predicted molar refractivity (Wildman–Crippen MR) is 73.8 cm³/mol. The van der Waals surface area contributed by atoms with Crippen LogP contribution in [0.1, 0.15) is 47.0 Å². The first-order valence-electron chi connectivity index (χ1n) is 6.37. The number of ketones is 1. The van der Waals surface area contributed by atoms with Crippen LogP contribution in [-0.4, -0.2) is 5.78 Å². The second kappa shape index (κ2) is 5.48. The molecule has 0 spiro atoms. The summed E-state index contributed by atoms with van der Waals surface area (Å²) in [5.41, 5.74) is 2.64. The SMILES string of the molecule is C=C1CCCC(C)(C)[C@@H]1/C=C/C(C)=C/C(C)=O. The molecule has 0 heterocycles. The fraction of sp³-hybridized carbons (Fsp3) is 0.562. The van der Waals surface area contributed by atoms with Crippen LogP contribution in [0.5, 0.6) is 0 Å². The molecule has 0 radical (unpaired) electrons. The fourth-order valence-electron chi connectivity index (χ4n) is 2.65. The van der Waals surface area contributed by atoms with E-state index in [0.29, 0.717) is 11.3 Å². The van der Waals surface area contributed by atoms with Gasteiger partial charge in [0.25, 0.3) is 0 Å². The van der Waals surface area contributed by atoms with E-state index in [9.17, 15) is 4.79 Å². The van der Waals surface area contributed by atoms with E-state index in [4.69, 9.17) is 0 Å². The zero-order valence-electron chi connectivity index (χ0n) is 11.5. The lowest BCUT2D eigenvalue weighted by Crippen LogP contribution is -2.27. The highest BCUT2D eigenvalue weighted by Crippen LogP contribution is 2.43. The van der Waals surface area contributed by atoms with Gasteiger partial charge in [0.1, 0.15) is 0 Å². The molecule has 1 heteroatoms. The smallest absolute Gasteiger partial charge is 0.152 e. The lowest BCUT2D eigenvalue weighted by molar-refractivity contribution is -0.112. The minimum absolute atomic E-state index is 0.105. The van der Waals surface area contributed by atoms with Gasteiger partial charge in [0.2, 0.25) is 0 Å². The standard InChI is InChI=1S/C16H24O/c1-12(11-14(3)17)8-9-15-13(2)7-6-10-16(15,4)5/h8-9,11,15H,2,6-7,10H2,1,3-5H3/b9-8+,12-11+/t15-/m1/s1. The highest BCUT2D eigenvalue weighted by atomic mass is 16.1. The third-order valence-corrected chi connectivity index (χ3v) is 3.58. The molecule has 0 saturated heterocycles. The molecule has 1 fully saturated rings. The maximum Gasteiger partial charge on any atom is 0.152 e. The number of carbonyl (C=O) groups is 1. The van der Waals surface area contributed by atoms with Gasteiger partial charge in [-0.3, -0.25) is 4.79 Å². The summed E-state index contributed by atoms with van der Waals surface area (Å²) in [5.74, 6) is 0.542. The van der Waals surface area contributed by atoms with Gasteiger partial charge in [-0.15, -0.1) is 0 Å². The van der Waals surface area contributed by atoms with E-state index >= 15 is 0 Å². The van der Waals surface area contributed by atoms with E-state index in [1.54, 1.807) is 13.0 Å². The van der Waals surface area contributed by atoms with Crippen LogP contribution >= 0.6 is 0 Å². The van der Waals surface area contributed by atoms with Crippen molar-refractivity contribution in [1.82, 2.24) is 0 Å². The molecule has 0 unspecified atom stereocenters. The Hall–Kier alpha value is -1.11. The number of hydrogen-bond donors (Lipinski definition) is 0. The second-order valence-corrected chi connectivity index (χ2v) is 5.84. The third-order valence-electron chi connectivity index (χ3n) is 3.58. The Morgan fingerprint density at radius 1 is 1.41 bits per heavy atom. The van der Waals surface area contributed by atoms with Crippen molar-refractivity contribution < 1.29 is 4.79 Å². The average molecular weight is 232 g/mol. The molecule has 0 N–H and O–H groups in total. The van der Waals surface area contributed by atoms with Crippen LogP contribution in [0.2, 0.25) is 0 Å². The minimum atomic E-state index is 0.105. The van der Waals surface area contributed by atoms with E-state index in [1.165, 1.54) is 18.4 Å². The van der Waals surface area contributed by atoms with E-state index in [0.717, 1.165) is 12.0 Å². The van der Waals surface area contributed by atoms with Gasteiger partial charge in [-0.05, 0) is 50.2 Å². The molecular weight excluding hydrogens is 208 g/mol. The van der Waals surface area contributed by atoms with Crippen molar-refractivity contribution in [3.05, 3.63) is 36.0 Å². The first-order valence-corrected chi connectivity index (χ1v) is 6.37. The quantitative estimate of drug-likeness (QED) is 0.399. The van der Waals surface area contributed by atoms with Crippen molar-refractivity contribution in [3.63, 3.8) is 0 Å². The third kappa shape index (κ3) is 3.99. The Morgan fingerprint density at radius 3 is 2.59 bits per heavy atom. The summed E-state index contributed by atoms with van der Waals surface area (Å²) in [5, 5.41) is 0. The van der Waals surface area contributed by atoms with Crippen molar-refractivity contribution in [2.24, 2.45) is 11.3 Å². The number of hydrogen-bond acceptors (Lipinski definition) is 1. The topological polar surface area (TPSA) is 17.1 Å². The number of carbonyl (C=O) groups excluding carboxylic acids is 1. The van der Waals surface area contributed by atoms with Crippen molar-refractivity contribution in [2.45, 2.75) is 47.0 Å². The molecule has 0 aromatic rings. The summed E-state index contributed by atoms with van der Waals surface area (Å²) in [7, 11) is 0. The van der Waals surface area contributed by atoms with Gasteiger partial charge in [0, 0.05) is 5.92 Å². The van der Waals surface area contributed by atoms with Gasteiger partial charge in [-0.2, -0.15) is 0 Å². The van der Waals surface area contributed by atoms with Crippen LogP contribution in [0.15, 0.2) is 36.0 Å². The van der Waals surface area contributed by atoms with Crippen molar-refractivity contribution >= 4 is 5.78 Å². The van der Waals surface area contributed by atoms with Crippen LogP contribution in [0.25, 0.3) is 0 Å². The van der Waals surface area contributed by atoms with Crippen LogP contribution in [0.3, 0.4) is 0 Å². The lowest BCUT2D eigenvalue weighted by Gasteiger charge is -2.38. The highest BCUT2D eigenvalue weighted by molar-refractivity contribution is 5.88. The van der Waals surface area contributed by atoms with Gasteiger partial charge in [-0.1, -0.05) is 38.2 Å². The summed E-state index contributed by atoms with van der Waals surface area (Å²) in [4.78, 5) is 11.0. The van der Waals surface area contributed by atoms with Gasteiger partial charge >= 0.3 is 0 Å². The largest absolute Gasteiger partial charge is 0.295 e. The Morgan fingerprint density at radius 2 is 2.06 bits per heavy atom. The van der Waals surface area contributed by atoms with Crippen LogP contribution in [-0.2, 0) is 4.79 Å². The molecule has 1 atom stereocenters. The molecule has 0 bridgehead atoms. The average Bonchev–Trinajstić information content (AvgIpc) is 2.14. The second-order valence-electron chi connectivity index (χ2n) is 5.84. The van der Waals surface area contributed by atoms with Crippen molar-refractivity contribution in [3.8, 4) is 0 Å². The zero-order valence-corrected chi connectivity index (χ0v) is 11.5. The Balaban J connectivity index is 2.81. The van der Waals surface area contributed by atoms with Gasteiger partial charge in [-0.25, -0.2) is 0 Å². The summed E-state index contributed by atoms with van der Waals surface area (Å²) < 4.78 is 0. The molecule has 1 nitrogen and oxygen atoms in total. The summed E-state index contributed by atoms with van der Waals surface area (Å²) >= 11 is 0. The number of rotatable bonds is 3. The monoisotopic (exact) mass is 232 g/mol. The Bertz CT molecular complexity index is 369. The fourth-order valence-corrected chi connectivity index (χ4v) is 2.65.